The van der Waals surface area contributed by atoms with Gasteiger partial charge in [-0.05, 0) is 37.8 Å². The molecule has 0 radical (unpaired) electrons. The van der Waals surface area contributed by atoms with E-state index in [9.17, 15) is 8.42 Å². The van der Waals surface area contributed by atoms with Crippen molar-refractivity contribution < 1.29 is 8.42 Å². The number of aromatic nitrogens is 1. The van der Waals surface area contributed by atoms with Gasteiger partial charge < -0.3 is 5.32 Å². The van der Waals surface area contributed by atoms with Crippen molar-refractivity contribution in [2.45, 2.75) is 49.5 Å². The Labute approximate surface area is 138 Å². The molecule has 2 aliphatic rings. The van der Waals surface area contributed by atoms with E-state index in [1.165, 1.54) is 23.3 Å². The van der Waals surface area contributed by atoms with Gasteiger partial charge in [0, 0.05) is 38.1 Å². The molecule has 3 rings (SSSR count). The van der Waals surface area contributed by atoms with Crippen molar-refractivity contribution in [1.82, 2.24) is 9.29 Å². The van der Waals surface area contributed by atoms with Crippen molar-refractivity contribution in [3.8, 4) is 0 Å². The maximum Gasteiger partial charge on any atom is 0.244 e. The number of anilines is 1. The van der Waals surface area contributed by atoms with Crippen LogP contribution in [0.1, 0.15) is 38.5 Å². The molecule has 2 fully saturated rings. The first kappa shape index (κ1) is 16.4. The van der Waals surface area contributed by atoms with Crippen LogP contribution in [0.2, 0.25) is 0 Å². The van der Waals surface area contributed by atoms with Crippen LogP contribution >= 0.6 is 0 Å². The van der Waals surface area contributed by atoms with Crippen molar-refractivity contribution in [2.24, 2.45) is 4.99 Å². The lowest BCUT2D eigenvalue weighted by Gasteiger charge is -2.26. The Bertz CT molecular complexity index is 654. The van der Waals surface area contributed by atoms with Gasteiger partial charge in [-0.15, -0.1) is 0 Å². The molecule has 1 N–H and O–H groups in total. The topological polar surface area (TPSA) is 74.7 Å². The summed E-state index contributed by atoms with van der Waals surface area (Å²) in [5.74, 6) is 0.759. The normalized spacial score (nSPS) is 20.7. The third-order valence-corrected chi connectivity index (χ3v) is 6.58. The number of piperidine rings is 1. The van der Waals surface area contributed by atoms with Crippen molar-refractivity contribution in [3.05, 3.63) is 18.3 Å². The molecule has 0 amide bonds. The van der Waals surface area contributed by atoms with E-state index in [1.54, 1.807) is 19.2 Å². The number of rotatable bonds is 4. The first-order valence-corrected chi connectivity index (χ1v) is 9.71. The molecule has 0 bridgehead atoms. The number of nitrogens with zero attached hydrogens (tertiary/aromatic N) is 3. The van der Waals surface area contributed by atoms with Crippen LogP contribution in [-0.4, -0.2) is 49.6 Å². The van der Waals surface area contributed by atoms with Gasteiger partial charge in [0.1, 0.15) is 10.7 Å². The average Bonchev–Trinajstić information content (AvgIpc) is 3.08. The molecule has 1 aliphatic heterocycles. The van der Waals surface area contributed by atoms with Gasteiger partial charge in [0.25, 0.3) is 0 Å². The third-order valence-electron chi connectivity index (χ3n) is 4.70. The minimum Gasteiger partial charge on any atom is -0.367 e. The van der Waals surface area contributed by atoms with Gasteiger partial charge in [-0.2, -0.15) is 4.31 Å². The summed E-state index contributed by atoms with van der Waals surface area (Å²) >= 11 is 0. The lowest BCUT2D eigenvalue weighted by Crippen LogP contribution is -2.38. The Morgan fingerprint density at radius 2 is 1.91 bits per heavy atom. The van der Waals surface area contributed by atoms with Gasteiger partial charge >= 0.3 is 0 Å². The number of hydrogen-bond donors (Lipinski definition) is 1. The highest BCUT2D eigenvalue weighted by Crippen LogP contribution is 2.23. The van der Waals surface area contributed by atoms with E-state index in [0.717, 1.165) is 24.4 Å². The third kappa shape index (κ3) is 3.72. The van der Waals surface area contributed by atoms with E-state index in [2.05, 4.69) is 15.3 Å². The van der Waals surface area contributed by atoms with Crippen molar-refractivity contribution in [3.63, 3.8) is 0 Å². The molecule has 23 heavy (non-hydrogen) atoms. The molecule has 1 aromatic rings. The second kappa shape index (κ2) is 6.97. The Morgan fingerprint density at radius 3 is 2.48 bits per heavy atom. The predicted molar refractivity (Wildman–Crippen MR) is 91.5 cm³/mol. The summed E-state index contributed by atoms with van der Waals surface area (Å²) in [5.41, 5.74) is 1.09. The van der Waals surface area contributed by atoms with E-state index >= 15 is 0 Å². The molecular weight excluding hydrogens is 312 g/mol. The standard InChI is InChI=1S/C16H24N4O2S/c1-17-13-8-10-20(11-9-13)23(21,22)15-6-7-16(18-12-15)19-14-4-2-3-5-14/h6-7,12,14H,2-5,8-11H2,1H3,(H,18,19). The van der Waals surface area contributed by atoms with Crippen LogP contribution in [0, 0.1) is 0 Å². The molecule has 0 atom stereocenters. The van der Waals surface area contributed by atoms with Crippen LogP contribution < -0.4 is 5.32 Å². The lowest BCUT2D eigenvalue weighted by atomic mass is 10.1. The zero-order valence-electron chi connectivity index (χ0n) is 13.5. The Balaban J connectivity index is 1.68. The van der Waals surface area contributed by atoms with E-state index < -0.39 is 10.0 Å². The Hall–Kier alpha value is -1.47. The molecule has 0 spiro atoms. The molecule has 126 valence electrons. The highest BCUT2D eigenvalue weighted by Gasteiger charge is 2.28. The highest BCUT2D eigenvalue weighted by atomic mass is 32.2. The summed E-state index contributed by atoms with van der Waals surface area (Å²) < 4.78 is 26.9. The molecule has 1 saturated carbocycles. The van der Waals surface area contributed by atoms with Crippen molar-refractivity contribution in [1.29, 1.82) is 0 Å². The number of sulfonamides is 1. The minimum atomic E-state index is -3.45. The van der Waals surface area contributed by atoms with E-state index in [4.69, 9.17) is 0 Å². The molecule has 6 nitrogen and oxygen atoms in total. The predicted octanol–water partition coefficient (Wildman–Crippen LogP) is 2.29. The SMILES string of the molecule is CN=C1CCN(S(=O)(=O)c2ccc(NC3CCCC3)nc2)CC1. The molecule has 1 aromatic heterocycles. The summed E-state index contributed by atoms with van der Waals surface area (Å²) in [6.45, 7) is 0.994. The van der Waals surface area contributed by atoms with E-state index in [1.807, 2.05) is 0 Å². The fourth-order valence-electron chi connectivity index (χ4n) is 3.25. The van der Waals surface area contributed by atoms with Gasteiger partial charge in [-0.1, -0.05) is 12.8 Å². The van der Waals surface area contributed by atoms with Crippen molar-refractivity contribution >= 4 is 21.6 Å². The number of aliphatic imine (C=N–C) groups is 1. The smallest absolute Gasteiger partial charge is 0.244 e. The first-order valence-electron chi connectivity index (χ1n) is 8.27. The average molecular weight is 336 g/mol. The largest absolute Gasteiger partial charge is 0.367 e. The van der Waals surface area contributed by atoms with Gasteiger partial charge in [0.2, 0.25) is 10.0 Å². The first-order chi connectivity index (χ1) is 11.1. The second-order valence-corrected chi connectivity index (χ2v) is 8.14. The molecule has 7 heteroatoms. The van der Waals surface area contributed by atoms with Crippen LogP contribution in [0.5, 0.6) is 0 Å². The van der Waals surface area contributed by atoms with E-state index in [-0.39, 0.29) is 4.90 Å². The van der Waals surface area contributed by atoms with E-state index in [0.29, 0.717) is 32.0 Å². The quantitative estimate of drug-likeness (QED) is 0.915. The fraction of sp³-hybridized carbons (Fsp3) is 0.625. The Morgan fingerprint density at radius 1 is 1.22 bits per heavy atom. The minimum absolute atomic E-state index is 0.270. The van der Waals surface area contributed by atoms with Crippen LogP contribution in [0.25, 0.3) is 0 Å². The summed E-state index contributed by atoms with van der Waals surface area (Å²) in [6, 6.07) is 3.90. The summed E-state index contributed by atoms with van der Waals surface area (Å²) in [4.78, 5) is 8.74. The molecular formula is C16H24N4O2S. The highest BCUT2D eigenvalue weighted by molar-refractivity contribution is 7.89. The summed E-state index contributed by atoms with van der Waals surface area (Å²) in [7, 11) is -1.69. The van der Waals surface area contributed by atoms with Gasteiger partial charge in [-0.3, -0.25) is 4.99 Å². The zero-order chi connectivity index (χ0) is 16.3. The lowest BCUT2D eigenvalue weighted by molar-refractivity contribution is 0.411. The molecule has 1 saturated heterocycles. The van der Waals surface area contributed by atoms with Crippen LogP contribution in [-0.2, 0) is 10.0 Å². The van der Waals surface area contributed by atoms with Gasteiger partial charge in [0.15, 0.2) is 0 Å². The van der Waals surface area contributed by atoms with Gasteiger partial charge in [-0.25, -0.2) is 13.4 Å². The maximum absolute atomic E-state index is 12.7. The summed E-state index contributed by atoms with van der Waals surface area (Å²) in [5, 5.41) is 3.38. The Kier molecular flexibility index (Phi) is 4.96. The van der Waals surface area contributed by atoms with Crippen LogP contribution in [0.4, 0.5) is 5.82 Å². The van der Waals surface area contributed by atoms with Gasteiger partial charge in [0.05, 0.1) is 0 Å². The number of hydrogen-bond acceptors (Lipinski definition) is 5. The molecule has 1 aliphatic carbocycles. The zero-order valence-corrected chi connectivity index (χ0v) is 14.3. The second-order valence-electron chi connectivity index (χ2n) is 6.20. The molecule has 0 aromatic carbocycles. The summed E-state index contributed by atoms with van der Waals surface area (Å²) in [6.07, 6.45) is 7.73. The van der Waals surface area contributed by atoms with Crippen LogP contribution in [0.15, 0.2) is 28.2 Å². The molecule has 2 heterocycles. The van der Waals surface area contributed by atoms with Crippen molar-refractivity contribution in [2.75, 3.05) is 25.5 Å². The monoisotopic (exact) mass is 336 g/mol. The maximum atomic E-state index is 12.7. The molecule has 0 unspecified atom stereocenters. The van der Waals surface area contributed by atoms with Crippen LogP contribution in [0.3, 0.4) is 0 Å². The number of nitrogens with one attached hydrogen (secondary N) is 1. The fourth-order valence-corrected chi connectivity index (χ4v) is 4.64. The number of pyridine rings is 1.